The zero-order valence-electron chi connectivity index (χ0n) is 20.6. The molecule has 0 unspecified atom stereocenters. The highest BCUT2D eigenvalue weighted by atomic mass is 32.1. The summed E-state index contributed by atoms with van der Waals surface area (Å²) in [6.07, 6.45) is 5.69. The smallest absolute Gasteiger partial charge is 0.234 e. The van der Waals surface area contributed by atoms with E-state index in [4.69, 9.17) is 4.74 Å². The zero-order valence-corrected chi connectivity index (χ0v) is 21.4. The largest absolute Gasteiger partial charge is 0.493 e. The summed E-state index contributed by atoms with van der Waals surface area (Å²) >= 11 is 1.60. The third-order valence-electron chi connectivity index (χ3n) is 6.05. The number of fused-ring (bicyclic) bond motifs is 1. The maximum Gasteiger partial charge on any atom is 0.234 e. The quantitative estimate of drug-likeness (QED) is 0.510. The molecule has 1 aliphatic rings. The van der Waals surface area contributed by atoms with Crippen molar-refractivity contribution in [1.29, 1.82) is 0 Å². The standard InChI is InChI=1S/C28H34N4O3S/c33-26(30-13-11-28-31-14-16-36-28)18-23-9-10-25-24(17-23)20-32(19-22-7-3-1-4-8-22)21-27(34)29-12-5-2-6-15-35-25/h1,3-4,7-10,14,16-17H,2,5-6,11-13,15,18-21H2,(H,29,34)(H,30,33). The Bertz CT molecular complexity index is 1110. The molecule has 2 aromatic carbocycles. The Morgan fingerprint density at radius 3 is 2.81 bits per heavy atom. The van der Waals surface area contributed by atoms with Gasteiger partial charge in [0, 0.05) is 49.7 Å². The molecule has 190 valence electrons. The molecule has 2 amide bonds. The number of nitrogens with zero attached hydrogens (tertiary/aromatic N) is 2. The number of thiazole rings is 1. The minimum Gasteiger partial charge on any atom is -0.493 e. The molecule has 0 radical (unpaired) electrons. The van der Waals surface area contributed by atoms with E-state index in [1.165, 1.54) is 0 Å². The Kier molecular flexibility index (Phi) is 9.87. The first kappa shape index (κ1) is 25.9. The van der Waals surface area contributed by atoms with E-state index in [1.807, 2.05) is 41.8 Å². The van der Waals surface area contributed by atoms with Gasteiger partial charge in [0.05, 0.1) is 24.6 Å². The highest BCUT2D eigenvalue weighted by Crippen LogP contribution is 2.24. The summed E-state index contributed by atoms with van der Waals surface area (Å²) < 4.78 is 6.15. The van der Waals surface area contributed by atoms with Gasteiger partial charge < -0.3 is 15.4 Å². The molecule has 3 aromatic rings. The lowest BCUT2D eigenvalue weighted by Crippen LogP contribution is -2.37. The van der Waals surface area contributed by atoms with E-state index in [9.17, 15) is 9.59 Å². The van der Waals surface area contributed by atoms with Gasteiger partial charge in [-0.05, 0) is 36.5 Å². The number of amides is 2. The third kappa shape index (κ3) is 8.46. The third-order valence-corrected chi connectivity index (χ3v) is 6.88. The molecule has 0 saturated heterocycles. The van der Waals surface area contributed by atoms with Crippen molar-refractivity contribution in [2.75, 3.05) is 26.2 Å². The normalized spacial score (nSPS) is 15.4. The molecule has 1 aromatic heterocycles. The van der Waals surface area contributed by atoms with Crippen molar-refractivity contribution >= 4 is 23.2 Å². The van der Waals surface area contributed by atoms with Crippen LogP contribution in [0.1, 0.15) is 41.0 Å². The van der Waals surface area contributed by atoms with E-state index < -0.39 is 0 Å². The first-order valence-corrected chi connectivity index (χ1v) is 13.5. The van der Waals surface area contributed by atoms with Crippen molar-refractivity contribution in [3.63, 3.8) is 0 Å². The van der Waals surface area contributed by atoms with Crippen molar-refractivity contribution in [1.82, 2.24) is 20.5 Å². The first-order valence-electron chi connectivity index (χ1n) is 12.6. The van der Waals surface area contributed by atoms with Crippen molar-refractivity contribution in [2.45, 2.75) is 45.2 Å². The molecule has 2 heterocycles. The summed E-state index contributed by atoms with van der Waals surface area (Å²) in [7, 11) is 0. The molecule has 36 heavy (non-hydrogen) atoms. The van der Waals surface area contributed by atoms with Crippen molar-refractivity contribution in [3.05, 3.63) is 81.8 Å². The summed E-state index contributed by atoms with van der Waals surface area (Å²) in [5, 5.41) is 9.00. The van der Waals surface area contributed by atoms with Crippen LogP contribution in [-0.4, -0.2) is 47.9 Å². The van der Waals surface area contributed by atoms with Crippen LogP contribution in [0.4, 0.5) is 0 Å². The average molecular weight is 507 g/mol. The minimum atomic E-state index is -0.0161. The Hall–Kier alpha value is -3.23. The van der Waals surface area contributed by atoms with Gasteiger partial charge in [-0.1, -0.05) is 42.5 Å². The Morgan fingerprint density at radius 1 is 1.08 bits per heavy atom. The summed E-state index contributed by atoms with van der Waals surface area (Å²) in [6.45, 7) is 3.39. The Balaban J connectivity index is 1.47. The van der Waals surface area contributed by atoms with Gasteiger partial charge in [0.2, 0.25) is 11.8 Å². The molecule has 4 rings (SSSR count). The second-order valence-electron chi connectivity index (χ2n) is 9.03. The lowest BCUT2D eigenvalue weighted by atomic mass is 10.1. The second kappa shape index (κ2) is 13.8. The van der Waals surface area contributed by atoms with Crippen LogP contribution in [-0.2, 0) is 35.5 Å². The van der Waals surface area contributed by atoms with Crippen LogP contribution in [0.15, 0.2) is 60.1 Å². The number of benzene rings is 2. The van der Waals surface area contributed by atoms with Crippen LogP contribution in [0.3, 0.4) is 0 Å². The number of rotatable bonds is 7. The monoisotopic (exact) mass is 506 g/mol. The Labute approximate surface area is 216 Å². The van der Waals surface area contributed by atoms with E-state index >= 15 is 0 Å². The zero-order chi connectivity index (χ0) is 25.0. The summed E-state index contributed by atoms with van der Waals surface area (Å²) in [5.74, 6) is 0.835. The van der Waals surface area contributed by atoms with Gasteiger partial charge in [-0.2, -0.15) is 0 Å². The van der Waals surface area contributed by atoms with Gasteiger partial charge in [-0.3, -0.25) is 14.5 Å². The molecule has 0 bridgehead atoms. The highest BCUT2D eigenvalue weighted by Gasteiger charge is 2.17. The minimum absolute atomic E-state index is 0.0161. The van der Waals surface area contributed by atoms with Crippen LogP contribution < -0.4 is 15.4 Å². The molecule has 1 aliphatic heterocycles. The fourth-order valence-corrected chi connectivity index (χ4v) is 4.88. The SMILES string of the molecule is O=C(Cc1ccc2c(c1)CN(Cc1ccccc1)CC(=O)NCCCCCO2)NCCc1nccs1. The van der Waals surface area contributed by atoms with Gasteiger partial charge in [0.25, 0.3) is 0 Å². The highest BCUT2D eigenvalue weighted by molar-refractivity contribution is 7.09. The van der Waals surface area contributed by atoms with Gasteiger partial charge in [-0.15, -0.1) is 11.3 Å². The van der Waals surface area contributed by atoms with Gasteiger partial charge in [0.1, 0.15) is 5.75 Å². The van der Waals surface area contributed by atoms with Crippen molar-refractivity contribution in [3.8, 4) is 5.75 Å². The molecule has 8 heteroatoms. The van der Waals surface area contributed by atoms with E-state index in [2.05, 4.69) is 32.7 Å². The predicted molar refractivity (Wildman–Crippen MR) is 142 cm³/mol. The molecule has 2 N–H and O–H groups in total. The van der Waals surface area contributed by atoms with Gasteiger partial charge in [-0.25, -0.2) is 4.98 Å². The summed E-state index contributed by atoms with van der Waals surface area (Å²) in [6, 6.07) is 16.1. The van der Waals surface area contributed by atoms with Gasteiger partial charge in [0.15, 0.2) is 0 Å². The number of aromatic nitrogens is 1. The van der Waals surface area contributed by atoms with Crippen LogP contribution in [0.2, 0.25) is 0 Å². The summed E-state index contributed by atoms with van der Waals surface area (Å²) in [4.78, 5) is 31.6. The first-order chi connectivity index (χ1) is 17.7. The number of nitrogens with one attached hydrogen (secondary N) is 2. The molecular formula is C28H34N4O3S. The number of ether oxygens (including phenoxy) is 1. The molecule has 0 aliphatic carbocycles. The van der Waals surface area contributed by atoms with Crippen LogP contribution in [0.25, 0.3) is 0 Å². The molecule has 0 fully saturated rings. The molecule has 7 nitrogen and oxygen atoms in total. The lowest BCUT2D eigenvalue weighted by molar-refractivity contribution is -0.122. The van der Waals surface area contributed by atoms with Crippen LogP contribution in [0, 0.1) is 0 Å². The van der Waals surface area contributed by atoms with Crippen molar-refractivity contribution in [2.24, 2.45) is 0 Å². The van der Waals surface area contributed by atoms with E-state index in [0.29, 0.717) is 45.8 Å². The van der Waals surface area contributed by atoms with Gasteiger partial charge >= 0.3 is 0 Å². The molecule has 0 saturated carbocycles. The second-order valence-corrected chi connectivity index (χ2v) is 10.0. The van der Waals surface area contributed by atoms with Crippen LogP contribution in [0.5, 0.6) is 5.75 Å². The lowest BCUT2D eigenvalue weighted by Gasteiger charge is -2.23. The summed E-state index contributed by atoms with van der Waals surface area (Å²) in [5.41, 5.74) is 3.07. The maximum absolute atomic E-state index is 12.7. The maximum atomic E-state index is 12.7. The number of carbonyl (C=O) groups excluding carboxylic acids is 2. The van der Waals surface area contributed by atoms with E-state index in [1.54, 1.807) is 17.5 Å². The topological polar surface area (TPSA) is 83.6 Å². The van der Waals surface area contributed by atoms with Crippen LogP contribution >= 0.6 is 11.3 Å². The Morgan fingerprint density at radius 2 is 1.97 bits per heavy atom. The van der Waals surface area contributed by atoms with Crippen molar-refractivity contribution < 1.29 is 14.3 Å². The fraction of sp³-hybridized carbons (Fsp3) is 0.393. The predicted octanol–water partition coefficient (Wildman–Crippen LogP) is 3.73. The molecular weight excluding hydrogens is 472 g/mol. The van der Waals surface area contributed by atoms with E-state index in [0.717, 1.165) is 53.1 Å². The molecule has 0 atom stereocenters. The fourth-order valence-electron chi connectivity index (χ4n) is 4.26. The number of hydrogen-bond acceptors (Lipinski definition) is 6. The molecule has 0 spiro atoms. The van der Waals surface area contributed by atoms with E-state index in [-0.39, 0.29) is 11.8 Å². The number of hydrogen-bond donors (Lipinski definition) is 2. The number of carbonyl (C=O) groups is 2. The average Bonchev–Trinajstić information content (AvgIpc) is 3.38.